The summed E-state index contributed by atoms with van der Waals surface area (Å²) in [7, 11) is 0. The molecular formula is C18H20ClF3N4O2. The summed E-state index contributed by atoms with van der Waals surface area (Å²) < 4.78 is 40.1. The van der Waals surface area contributed by atoms with E-state index in [9.17, 15) is 22.8 Å². The number of halogens is 4. The van der Waals surface area contributed by atoms with E-state index < -0.39 is 23.1 Å². The normalized spacial score (nSPS) is 16.9. The standard InChI is InChI=1S/C18H19F3N4O2.ClH/c1-11-8-15(26)16(17(27)23-13-5-3-7-22-10-13)24-25(11)14-6-2-4-12(9-14)18(19,20)21;/h2,4,6,8-9,13,22H,3,5,7,10H2,1H3,(H,23,27);1H/t13-;/m0./s1. The Labute approximate surface area is 165 Å². The molecule has 1 atom stereocenters. The van der Waals surface area contributed by atoms with Crippen LogP contribution in [0, 0.1) is 6.92 Å². The minimum Gasteiger partial charge on any atom is -0.347 e. The number of aromatic nitrogens is 2. The highest BCUT2D eigenvalue weighted by molar-refractivity contribution is 5.92. The SMILES string of the molecule is Cc1cc(=O)c(C(=O)N[C@H]2CCCNC2)nn1-c1cccc(C(F)(F)F)c1.Cl. The molecule has 0 radical (unpaired) electrons. The highest BCUT2D eigenvalue weighted by Crippen LogP contribution is 2.30. The van der Waals surface area contributed by atoms with Crippen LogP contribution in [0.4, 0.5) is 13.2 Å². The third-order valence-electron chi connectivity index (χ3n) is 4.37. The Balaban J connectivity index is 0.00000280. The van der Waals surface area contributed by atoms with Crippen molar-refractivity contribution in [3.05, 3.63) is 57.5 Å². The topological polar surface area (TPSA) is 76.0 Å². The van der Waals surface area contributed by atoms with Gasteiger partial charge >= 0.3 is 6.18 Å². The first-order chi connectivity index (χ1) is 12.8. The molecule has 10 heteroatoms. The van der Waals surface area contributed by atoms with Gasteiger partial charge in [0, 0.05) is 24.3 Å². The number of amides is 1. The third kappa shape index (κ3) is 4.90. The second-order valence-electron chi connectivity index (χ2n) is 6.48. The lowest BCUT2D eigenvalue weighted by Crippen LogP contribution is -2.47. The van der Waals surface area contributed by atoms with Crippen molar-refractivity contribution >= 4 is 18.3 Å². The summed E-state index contributed by atoms with van der Waals surface area (Å²) in [5.74, 6) is -0.630. The van der Waals surface area contributed by atoms with Crippen molar-refractivity contribution in [3.8, 4) is 5.69 Å². The molecule has 3 rings (SSSR count). The van der Waals surface area contributed by atoms with Gasteiger partial charge in [0.05, 0.1) is 11.3 Å². The number of piperidine rings is 1. The second kappa shape index (κ2) is 8.74. The van der Waals surface area contributed by atoms with Crippen LogP contribution in [0.2, 0.25) is 0 Å². The molecule has 1 fully saturated rings. The van der Waals surface area contributed by atoms with Crippen molar-refractivity contribution in [1.82, 2.24) is 20.4 Å². The summed E-state index contributed by atoms with van der Waals surface area (Å²) in [5.41, 5.74) is -1.30. The number of alkyl halides is 3. The molecule has 1 aliphatic heterocycles. The lowest BCUT2D eigenvalue weighted by atomic mass is 10.1. The van der Waals surface area contributed by atoms with Crippen LogP contribution in [0.25, 0.3) is 5.69 Å². The molecule has 0 unspecified atom stereocenters. The van der Waals surface area contributed by atoms with Crippen molar-refractivity contribution in [1.29, 1.82) is 0 Å². The van der Waals surface area contributed by atoms with Crippen LogP contribution in [0.3, 0.4) is 0 Å². The Morgan fingerprint density at radius 2 is 2.07 bits per heavy atom. The highest BCUT2D eigenvalue weighted by Gasteiger charge is 2.30. The zero-order chi connectivity index (χ0) is 19.6. The molecule has 152 valence electrons. The Morgan fingerprint density at radius 1 is 1.32 bits per heavy atom. The van der Waals surface area contributed by atoms with Crippen molar-refractivity contribution in [2.75, 3.05) is 13.1 Å². The Hall–Kier alpha value is -2.39. The zero-order valence-corrected chi connectivity index (χ0v) is 15.9. The van der Waals surface area contributed by atoms with Gasteiger partial charge < -0.3 is 10.6 Å². The maximum atomic E-state index is 13.0. The number of rotatable bonds is 3. The second-order valence-corrected chi connectivity index (χ2v) is 6.48. The molecule has 0 bridgehead atoms. The number of hydrogen-bond donors (Lipinski definition) is 2. The fourth-order valence-electron chi connectivity index (χ4n) is 3.01. The average molecular weight is 417 g/mol. The fourth-order valence-corrected chi connectivity index (χ4v) is 3.01. The quantitative estimate of drug-likeness (QED) is 0.806. The van der Waals surface area contributed by atoms with Gasteiger partial charge in [0.25, 0.3) is 5.91 Å². The molecule has 28 heavy (non-hydrogen) atoms. The van der Waals surface area contributed by atoms with Gasteiger partial charge in [-0.3, -0.25) is 9.59 Å². The summed E-state index contributed by atoms with van der Waals surface area (Å²) in [4.78, 5) is 24.7. The van der Waals surface area contributed by atoms with E-state index >= 15 is 0 Å². The molecule has 6 nitrogen and oxygen atoms in total. The van der Waals surface area contributed by atoms with Gasteiger partial charge in [0.15, 0.2) is 5.69 Å². The summed E-state index contributed by atoms with van der Waals surface area (Å²) in [6, 6.07) is 5.65. The van der Waals surface area contributed by atoms with E-state index in [0.717, 1.165) is 31.5 Å². The van der Waals surface area contributed by atoms with Crippen molar-refractivity contribution < 1.29 is 18.0 Å². The molecule has 1 saturated heterocycles. The predicted molar refractivity (Wildman–Crippen MR) is 100 cm³/mol. The van der Waals surface area contributed by atoms with E-state index in [1.54, 1.807) is 6.92 Å². The van der Waals surface area contributed by atoms with E-state index in [2.05, 4.69) is 15.7 Å². The molecule has 0 spiro atoms. The lowest BCUT2D eigenvalue weighted by molar-refractivity contribution is -0.137. The number of nitrogens with one attached hydrogen (secondary N) is 2. The average Bonchev–Trinajstić information content (AvgIpc) is 2.62. The summed E-state index contributed by atoms with van der Waals surface area (Å²) in [6.45, 7) is 3.01. The van der Waals surface area contributed by atoms with Crippen LogP contribution in [-0.4, -0.2) is 34.8 Å². The highest BCUT2D eigenvalue weighted by atomic mass is 35.5. The van der Waals surface area contributed by atoms with Gasteiger partial charge in [-0.05, 0) is 44.5 Å². The van der Waals surface area contributed by atoms with Crippen LogP contribution >= 0.6 is 12.4 Å². The number of hydrogen-bond acceptors (Lipinski definition) is 4. The van der Waals surface area contributed by atoms with E-state index in [0.29, 0.717) is 12.2 Å². The molecule has 1 aliphatic rings. The lowest BCUT2D eigenvalue weighted by Gasteiger charge is -2.23. The zero-order valence-electron chi connectivity index (χ0n) is 15.0. The molecular weight excluding hydrogens is 397 g/mol. The maximum Gasteiger partial charge on any atom is 0.416 e. The molecule has 2 aromatic rings. The van der Waals surface area contributed by atoms with E-state index in [-0.39, 0.29) is 29.8 Å². The predicted octanol–water partition coefficient (Wildman–Crippen LogP) is 2.46. The monoisotopic (exact) mass is 416 g/mol. The summed E-state index contributed by atoms with van der Waals surface area (Å²) >= 11 is 0. The summed E-state index contributed by atoms with van der Waals surface area (Å²) in [5, 5.41) is 9.94. The first-order valence-corrected chi connectivity index (χ1v) is 8.56. The van der Waals surface area contributed by atoms with E-state index in [1.807, 2.05) is 0 Å². The maximum absolute atomic E-state index is 13.0. The number of carbonyl (C=O) groups excluding carboxylic acids is 1. The van der Waals surface area contributed by atoms with Gasteiger partial charge in [-0.1, -0.05) is 6.07 Å². The van der Waals surface area contributed by atoms with Crippen LogP contribution in [0.1, 0.15) is 34.6 Å². The van der Waals surface area contributed by atoms with Gasteiger partial charge in [0.2, 0.25) is 5.43 Å². The Kier molecular flexibility index (Phi) is 6.84. The van der Waals surface area contributed by atoms with Gasteiger partial charge in [-0.15, -0.1) is 12.4 Å². The molecule has 0 aliphatic carbocycles. The Morgan fingerprint density at radius 3 is 2.71 bits per heavy atom. The van der Waals surface area contributed by atoms with Gasteiger partial charge in [-0.25, -0.2) is 4.68 Å². The minimum atomic E-state index is -4.50. The molecule has 2 N–H and O–H groups in total. The fraction of sp³-hybridized carbons (Fsp3) is 0.389. The largest absolute Gasteiger partial charge is 0.416 e. The van der Waals surface area contributed by atoms with Crippen LogP contribution in [0.15, 0.2) is 35.1 Å². The van der Waals surface area contributed by atoms with E-state index in [4.69, 9.17) is 0 Å². The molecule has 2 heterocycles. The van der Waals surface area contributed by atoms with Crippen molar-refractivity contribution in [2.45, 2.75) is 32.0 Å². The summed E-state index contributed by atoms with van der Waals surface area (Å²) in [6.07, 6.45) is -2.82. The number of benzene rings is 1. The molecule has 1 aromatic carbocycles. The molecule has 1 amide bonds. The first-order valence-electron chi connectivity index (χ1n) is 8.56. The molecule has 0 saturated carbocycles. The number of carbonyl (C=O) groups is 1. The van der Waals surface area contributed by atoms with Crippen LogP contribution < -0.4 is 16.1 Å². The van der Waals surface area contributed by atoms with Gasteiger partial charge in [-0.2, -0.15) is 18.3 Å². The van der Waals surface area contributed by atoms with E-state index in [1.165, 1.54) is 22.9 Å². The third-order valence-corrected chi connectivity index (χ3v) is 4.37. The number of nitrogens with zero attached hydrogens (tertiary/aromatic N) is 2. The van der Waals surface area contributed by atoms with Gasteiger partial charge in [0.1, 0.15) is 0 Å². The first kappa shape index (κ1) is 21.9. The number of aryl methyl sites for hydroxylation is 1. The molecule has 1 aromatic heterocycles. The Bertz CT molecular complexity index is 908. The van der Waals surface area contributed by atoms with Crippen molar-refractivity contribution in [2.24, 2.45) is 0 Å². The smallest absolute Gasteiger partial charge is 0.347 e. The minimum absolute atomic E-state index is 0. The van der Waals surface area contributed by atoms with Crippen molar-refractivity contribution in [3.63, 3.8) is 0 Å². The van der Waals surface area contributed by atoms with Crippen LogP contribution in [0.5, 0.6) is 0 Å². The van der Waals surface area contributed by atoms with Crippen LogP contribution in [-0.2, 0) is 6.18 Å².